The highest BCUT2D eigenvalue weighted by atomic mass is 31.2. The molecule has 0 N–H and O–H groups in total. The number of fused-ring (bicyclic) bond motifs is 1. The fourth-order valence-corrected chi connectivity index (χ4v) is 10.9. The fourth-order valence-electron chi connectivity index (χ4n) is 9.17. The molecule has 402 valence electrons. The standard InChI is InChI=1S/C56H61N8O12P/c1-38(2)62(39(3)4)77(74-32-10-31-57)76-49-35-51(75-50(49)36-73-56(42-11-8-7-9-12-42,43-17-25-47(69-5)26-18-43)44-19-27-48(70-6)28-20-44)61-37-58-52-53(61)59-55(72-34-30-41-15-23-46(24-16-41)64(67)68)60-54(52)71-33-29-40-13-21-45(22-14-40)63(65)66/h7-9,11-28,37-39,49-51H,10,29-30,32-36H2,1-6H3/t49-,50-,51-,77?/m1/s1. The summed E-state index contributed by atoms with van der Waals surface area (Å²) >= 11 is 0. The molecule has 0 bridgehead atoms. The van der Waals surface area contributed by atoms with Gasteiger partial charge in [-0.3, -0.25) is 24.8 Å². The Morgan fingerprint density at radius 2 is 1.30 bits per heavy atom. The zero-order chi connectivity index (χ0) is 54.5. The van der Waals surface area contributed by atoms with Gasteiger partial charge in [-0.2, -0.15) is 15.2 Å². The molecule has 0 radical (unpaired) electrons. The maximum Gasteiger partial charge on any atom is 0.321 e. The molecule has 0 spiro atoms. The van der Waals surface area contributed by atoms with Crippen molar-refractivity contribution >= 4 is 31.1 Å². The van der Waals surface area contributed by atoms with E-state index in [-0.39, 0.29) is 74.6 Å². The first-order valence-corrected chi connectivity index (χ1v) is 26.3. The second kappa shape index (κ2) is 25.9. The number of nitro groups is 2. The third kappa shape index (κ3) is 13.3. The average molecular weight is 1070 g/mol. The van der Waals surface area contributed by atoms with E-state index in [4.69, 9.17) is 47.4 Å². The van der Waals surface area contributed by atoms with Gasteiger partial charge in [0.05, 0.1) is 75.4 Å². The Balaban J connectivity index is 1.17. The van der Waals surface area contributed by atoms with Gasteiger partial charge in [0.25, 0.3) is 19.9 Å². The van der Waals surface area contributed by atoms with Crippen LogP contribution in [0.5, 0.6) is 23.4 Å². The van der Waals surface area contributed by atoms with Crippen molar-refractivity contribution in [2.24, 2.45) is 0 Å². The molecular weight excluding hydrogens is 1010 g/mol. The van der Waals surface area contributed by atoms with Gasteiger partial charge in [0.15, 0.2) is 11.2 Å². The van der Waals surface area contributed by atoms with Crippen molar-refractivity contribution in [2.45, 2.75) is 89.5 Å². The lowest BCUT2D eigenvalue weighted by Crippen LogP contribution is -2.39. The Morgan fingerprint density at radius 3 is 1.82 bits per heavy atom. The van der Waals surface area contributed by atoms with Crippen LogP contribution in [0.1, 0.15) is 74.6 Å². The third-order valence-electron chi connectivity index (χ3n) is 12.9. The van der Waals surface area contributed by atoms with Gasteiger partial charge in [0, 0.05) is 55.6 Å². The minimum atomic E-state index is -1.76. The Labute approximate surface area is 447 Å². The predicted molar refractivity (Wildman–Crippen MR) is 287 cm³/mol. The van der Waals surface area contributed by atoms with Crippen molar-refractivity contribution in [3.63, 3.8) is 0 Å². The van der Waals surface area contributed by atoms with Crippen LogP contribution in [-0.4, -0.2) is 99.0 Å². The molecule has 20 nitrogen and oxygen atoms in total. The van der Waals surface area contributed by atoms with Crippen molar-refractivity contribution in [3.05, 3.63) is 182 Å². The largest absolute Gasteiger partial charge is 0.497 e. The molecule has 4 atom stereocenters. The van der Waals surface area contributed by atoms with E-state index in [0.717, 1.165) is 27.8 Å². The van der Waals surface area contributed by atoms with Crippen LogP contribution in [0.25, 0.3) is 11.2 Å². The average Bonchev–Trinajstić information content (AvgIpc) is 4.06. The van der Waals surface area contributed by atoms with Crippen LogP contribution in [0, 0.1) is 31.6 Å². The number of non-ortho nitro benzene ring substituents is 2. The minimum Gasteiger partial charge on any atom is -0.497 e. The number of nitrogens with zero attached hydrogens (tertiary/aromatic N) is 8. The van der Waals surface area contributed by atoms with Gasteiger partial charge in [-0.1, -0.05) is 78.9 Å². The summed E-state index contributed by atoms with van der Waals surface area (Å²) in [5.41, 5.74) is 3.56. The Morgan fingerprint density at radius 1 is 0.753 bits per heavy atom. The van der Waals surface area contributed by atoms with Crippen LogP contribution in [0.4, 0.5) is 11.4 Å². The number of benzene rings is 5. The first-order valence-electron chi connectivity index (χ1n) is 25.2. The van der Waals surface area contributed by atoms with Crippen LogP contribution < -0.4 is 18.9 Å². The van der Waals surface area contributed by atoms with E-state index in [1.165, 1.54) is 24.3 Å². The summed E-state index contributed by atoms with van der Waals surface area (Å²) in [4.78, 5) is 36.0. The molecule has 0 amide bonds. The lowest BCUT2D eigenvalue weighted by Gasteiger charge is -2.39. The van der Waals surface area contributed by atoms with Gasteiger partial charge in [-0.25, -0.2) is 9.65 Å². The molecule has 1 saturated heterocycles. The highest BCUT2D eigenvalue weighted by Crippen LogP contribution is 2.51. The molecule has 1 fully saturated rings. The van der Waals surface area contributed by atoms with Crippen LogP contribution in [0.3, 0.4) is 0 Å². The van der Waals surface area contributed by atoms with Crippen molar-refractivity contribution in [3.8, 4) is 29.5 Å². The molecule has 77 heavy (non-hydrogen) atoms. The van der Waals surface area contributed by atoms with Crippen molar-refractivity contribution in [1.29, 1.82) is 5.26 Å². The van der Waals surface area contributed by atoms with E-state index >= 15 is 0 Å². The molecular formula is C56H61N8O12P. The van der Waals surface area contributed by atoms with Gasteiger partial charge in [0.2, 0.25) is 5.88 Å². The van der Waals surface area contributed by atoms with E-state index in [0.29, 0.717) is 35.5 Å². The highest BCUT2D eigenvalue weighted by Gasteiger charge is 2.45. The number of nitriles is 1. The molecule has 2 aromatic heterocycles. The van der Waals surface area contributed by atoms with Gasteiger partial charge >= 0.3 is 6.01 Å². The van der Waals surface area contributed by atoms with E-state index in [1.807, 2.05) is 78.9 Å². The van der Waals surface area contributed by atoms with Gasteiger partial charge in [-0.05, 0) is 79.8 Å². The second-order valence-corrected chi connectivity index (χ2v) is 20.0. The van der Waals surface area contributed by atoms with Crippen LogP contribution >= 0.6 is 8.53 Å². The van der Waals surface area contributed by atoms with Crippen LogP contribution in [0.15, 0.2) is 134 Å². The lowest BCUT2D eigenvalue weighted by molar-refractivity contribution is -0.385. The number of imidazole rings is 1. The van der Waals surface area contributed by atoms with Gasteiger partial charge < -0.3 is 37.5 Å². The second-order valence-electron chi connectivity index (χ2n) is 18.6. The molecule has 1 unspecified atom stereocenters. The summed E-state index contributed by atoms with van der Waals surface area (Å²) < 4.78 is 55.8. The van der Waals surface area contributed by atoms with E-state index in [2.05, 4.69) is 43.4 Å². The molecule has 1 aliphatic rings. The summed E-state index contributed by atoms with van der Waals surface area (Å²) in [5.74, 6) is 1.49. The normalized spacial score (nSPS) is 15.9. The number of nitro benzene ring substituents is 2. The summed E-state index contributed by atoms with van der Waals surface area (Å²) in [5, 5.41) is 32.2. The number of ether oxygens (including phenoxy) is 6. The van der Waals surface area contributed by atoms with Gasteiger partial charge in [0.1, 0.15) is 29.4 Å². The van der Waals surface area contributed by atoms with Crippen molar-refractivity contribution < 1.29 is 47.3 Å². The highest BCUT2D eigenvalue weighted by molar-refractivity contribution is 7.44. The maximum absolute atomic E-state index is 11.3. The Bertz CT molecular complexity index is 3030. The van der Waals surface area contributed by atoms with E-state index in [1.54, 1.807) is 49.4 Å². The number of aromatic nitrogens is 4. The number of rotatable bonds is 27. The van der Waals surface area contributed by atoms with Crippen LogP contribution in [-0.2, 0) is 37.0 Å². The van der Waals surface area contributed by atoms with E-state index < -0.39 is 42.4 Å². The predicted octanol–water partition coefficient (Wildman–Crippen LogP) is 10.9. The molecule has 8 rings (SSSR count). The quantitative estimate of drug-likeness (QED) is 0.0153. The SMILES string of the molecule is COc1ccc(C(OC[C@H]2O[C@@H](n3cnc4c(OCCc5ccc([N+](=O)[O-])cc5)nc(OCCc5ccc([N+](=O)[O-])cc5)nc43)C[C@H]2OP(OCCC#N)N(C(C)C)C(C)C)(c2ccccc2)c2ccc(OC)cc2)cc1. The summed E-state index contributed by atoms with van der Waals surface area (Å²) in [6, 6.07) is 40.2. The number of hydrogen-bond acceptors (Lipinski definition) is 17. The number of hydrogen-bond donors (Lipinski definition) is 0. The van der Waals surface area contributed by atoms with Crippen molar-refractivity contribution in [1.82, 2.24) is 24.2 Å². The van der Waals surface area contributed by atoms with Crippen LogP contribution in [0.2, 0.25) is 0 Å². The fraction of sp³-hybridized carbons (Fsp3) is 0.357. The monoisotopic (exact) mass is 1070 g/mol. The molecule has 0 aliphatic carbocycles. The lowest BCUT2D eigenvalue weighted by atomic mass is 9.80. The minimum absolute atomic E-state index is 0.00840. The molecule has 3 heterocycles. The molecule has 0 saturated carbocycles. The zero-order valence-corrected chi connectivity index (χ0v) is 44.6. The molecule has 7 aromatic rings. The Hall–Kier alpha value is -7.63. The smallest absolute Gasteiger partial charge is 0.321 e. The van der Waals surface area contributed by atoms with Gasteiger partial charge in [-0.15, -0.1) is 0 Å². The first-order chi connectivity index (χ1) is 37.3. The summed E-state index contributed by atoms with van der Waals surface area (Å²) in [7, 11) is 1.49. The molecule has 5 aromatic carbocycles. The maximum atomic E-state index is 11.3. The molecule has 1 aliphatic heterocycles. The summed E-state index contributed by atoms with van der Waals surface area (Å²) in [6.07, 6.45) is 0.716. The summed E-state index contributed by atoms with van der Waals surface area (Å²) in [6.45, 7) is 8.73. The number of methoxy groups -OCH3 is 2. The van der Waals surface area contributed by atoms with E-state index in [9.17, 15) is 25.5 Å². The van der Waals surface area contributed by atoms with Crippen molar-refractivity contribution in [2.75, 3.05) is 40.6 Å². The molecule has 21 heteroatoms. The third-order valence-corrected chi connectivity index (χ3v) is 15.1. The topological polar surface area (TPSA) is 231 Å². The first kappa shape index (κ1) is 55.6. The Kier molecular flexibility index (Phi) is 18.7. The zero-order valence-electron chi connectivity index (χ0n) is 43.7.